The van der Waals surface area contributed by atoms with Crippen LogP contribution in [0.15, 0.2) is 72.9 Å². The normalized spacial score (nSPS) is 19.3. The van der Waals surface area contributed by atoms with Gasteiger partial charge in [0.2, 0.25) is 11.8 Å². The zero-order valence-electron chi connectivity index (χ0n) is 25.4. The van der Waals surface area contributed by atoms with Crippen LogP contribution in [0.3, 0.4) is 0 Å². The third kappa shape index (κ3) is 6.90. The van der Waals surface area contributed by atoms with Gasteiger partial charge in [0.15, 0.2) is 11.6 Å². The molecule has 0 radical (unpaired) electrons. The highest BCUT2D eigenvalue weighted by Crippen LogP contribution is 2.48. The van der Waals surface area contributed by atoms with Crippen molar-refractivity contribution in [3.8, 4) is 17.2 Å². The SMILES string of the molecule is O=C(Nc1ccc(F)cc1)C1(C(=O)Nc2ccc(Oc3ccnc4cc(OC[C@@H](O)CNC5COC6(CC6)C5)ccc34)c(F)c2)CC1. The van der Waals surface area contributed by atoms with Crippen molar-refractivity contribution in [1.29, 1.82) is 0 Å². The predicted molar refractivity (Wildman–Crippen MR) is 169 cm³/mol. The van der Waals surface area contributed by atoms with Gasteiger partial charge in [0, 0.05) is 47.7 Å². The number of carbonyl (C=O) groups is 2. The zero-order valence-corrected chi connectivity index (χ0v) is 25.4. The molecular formula is C35H34F2N4O6. The summed E-state index contributed by atoms with van der Waals surface area (Å²) in [6.07, 6.45) is 4.73. The summed E-state index contributed by atoms with van der Waals surface area (Å²) in [6, 6.07) is 16.3. The van der Waals surface area contributed by atoms with Crippen molar-refractivity contribution in [2.45, 2.75) is 49.9 Å². The van der Waals surface area contributed by atoms with Gasteiger partial charge in [-0.1, -0.05) is 0 Å². The fourth-order valence-electron chi connectivity index (χ4n) is 5.79. The van der Waals surface area contributed by atoms with Gasteiger partial charge in [-0.3, -0.25) is 14.6 Å². The van der Waals surface area contributed by atoms with Crippen molar-refractivity contribution in [3.63, 3.8) is 0 Å². The lowest BCUT2D eigenvalue weighted by Gasteiger charge is -2.17. The molecule has 2 saturated carbocycles. The van der Waals surface area contributed by atoms with Crippen LogP contribution < -0.4 is 25.4 Å². The van der Waals surface area contributed by atoms with Gasteiger partial charge in [0.1, 0.15) is 35.4 Å². The number of amides is 2. The Balaban J connectivity index is 0.941. The first-order valence-electron chi connectivity index (χ1n) is 15.6. The van der Waals surface area contributed by atoms with E-state index in [2.05, 4.69) is 20.9 Å². The Labute approximate surface area is 269 Å². The molecule has 10 nitrogen and oxygen atoms in total. The van der Waals surface area contributed by atoms with Crippen LogP contribution >= 0.6 is 0 Å². The molecule has 4 aromatic rings. The summed E-state index contributed by atoms with van der Waals surface area (Å²) in [4.78, 5) is 30.2. The molecule has 3 aromatic carbocycles. The number of benzene rings is 3. The van der Waals surface area contributed by atoms with Crippen molar-refractivity contribution < 1.29 is 37.7 Å². The molecule has 2 heterocycles. The molecule has 2 aliphatic carbocycles. The lowest BCUT2D eigenvalue weighted by molar-refractivity contribution is -0.131. The number of pyridine rings is 1. The number of nitrogens with one attached hydrogen (secondary N) is 3. The van der Waals surface area contributed by atoms with E-state index in [-0.39, 0.29) is 29.7 Å². The first kappa shape index (κ1) is 31.0. The molecule has 7 rings (SSSR count). The second-order valence-electron chi connectivity index (χ2n) is 12.5. The first-order chi connectivity index (χ1) is 22.7. The quantitative estimate of drug-likeness (QED) is 0.153. The number of carbonyl (C=O) groups excluding carboxylic acids is 2. The topological polar surface area (TPSA) is 131 Å². The molecule has 12 heteroatoms. The second-order valence-corrected chi connectivity index (χ2v) is 12.5. The van der Waals surface area contributed by atoms with Gasteiger partial charge in [0.05, 0.1) is 17.7 Å². The molecule has 1 aromatic heterocycles. The number of aromatic nitrogens is 1. The molecule has 1 spiro atoms. The molecule has 1 unspecified atom stereocenters. The summed E-state index contributed by atoms with van der Waals surface area (Å²) < 4.78 is 45.9. The highest BCUT2D eigenvalue weighted by Gasteiger charge is 2.56. The molecule has 0 bridgehead atoms. The van der Waals surface area contributed by atoms with Crippen LogP contribution in [0.2, 0.25) is 0 Å². The molecule has 1 saturated heterocycles. The van der Waals surface area contributed by atoms with Gasteiger partial charge in [-0.25, -0.2) is 8.78 Å². The highest BCUT2D eigenvalue weighted by atomic mass is 19.1. The van der Waals surface area contributed by atoms with E-state index in [0.29, 0.717) is 54.1 Å². The van der Waals surface area contributed by atoms with E-state index >= 15 is 4.39 Å². The van der Waals surface area contributed by atoms with Gasteiger partial charge < -0.3 is 35.3 Å². The molecule has 3 aliphatic rings. The third-order valence-corrected chi connectivity index (χ3v) is 8.91. The Hall–Kier alpha value is -4.65. The Kier molecular flexibility index (Phi) is 8.25. The van der Waals surface area contributed by atoms with Gasteiger partial charge in [-0.2, -0.15) is 0 Å². The van der Waals surface area contributed by atoms with E-state index in [4.69, 9.17) is 14.2 Å². The first-order valence-corrected chi connectivity index (χ1v) is 15.6. The number of nitrogens with zero attached hydrogens (tertiary/aromatic N) is 1. The molecule has 2 atom stereocenters. The summed E-state index contributed by atoms with van der Waals surface area (Å²) in [6.45, 7) is 1.16. The molecule has 4 N–H and O–H groups in total. The van der Waals surface area contributed by atoms with Crippen molar-refractivity contribution >= 4 is 34.1 Å². The Morgan fingerprint density at radius 1 is 0.936 bits per heavy atom. The van der Waals surface area contributed by atoms with Crippen LogP contribution in [-0.4, -0.2) is 59.4 Å². The average Bonchev–Trinajstić information content (AvgIpc) is 3.99. The van der Waals surface area contributed by atoms with Crippen LogP contribution in [0.4, 0.5) is 20.2 Å². The molecule has 244 valence electrons. The van der Waals surface area contributed by atoms with Gasteiger partial charge in [0.25, 0.3) is 0 Å². The summed E-state index contributed by atoms with van der Waals surface area (Å²) >= 11 is 0. The average molecular weight is 645 g/mol. The summed E-state index contributed by atoms with van der Waals surface area (Å²) in [5.41, 5.74) is -0.0930. The van der Waals surface area contributed by atoms with E-state index < -0.39 is 35.0 Å². The number of fused-ring (bicyclic) bond motifs is 1. The second kappa shape index (κ2) is 12.5. The number of rotatable bonds is 12. The van der Waals surface area contributed by atoms with E-state index in [1.807, 2.05) is 0 Å². The van der Waals surface area contributed by atoms with Crippen molar-refractivity contribution in [2.75, 3.05) is 30.4 Å². The van der Waals surface area contributed by atoms with Crippen LogP contribution in [0.25, 0.3) is 10.9 Å². The number of hydrogen-bond donors (Lipinski definition) is 4. The minimum absolute atomic E-state index is 0.0677. The fraction of sp³-hybridized carbons (Fsp3) is 0.343. The number of aliphatic hydroxyl groups is 1. The largest absolute Gasteiger partial charge is 0.491 e. The third-order valence-electron chi connectivity index (χ3n) is 8.91. The number of hydrogen-bond acceptors (Lipinski definition) is 8. The van der Waals surface area contributed by atoms with E-state index in [0.717, 1.165) is 25.3 Å². The van der Waals surface area contributed by atoms with Crippen molar-refractivity contribution in [1.82, 2.24) is 10.3 Å². The minimum Gasteiger partial charge on any atom is -0.491 e. The van der Waals surface area contributed by atoms with Gasteiger partial charge >= 0.3 is 0 Å². The van der Waals surface area contributed by atoms with Crippen molar-refractivity contribution in [2.24, 2.45) is 5.41 Å². The Morgan fingerprint density at radius 3 is 2.38 bits per heavy atom. The smallest absolute Gasteiger partial charge is 0.240 e. The predicted octanol–water partition coefficient (Wildman–Crippen LogP) is 5.31. The lowest BCUT2D eigenvalue weighted by Crippen LogP contribution is -2.38. The fourth-order valence-corrected chi connectivity index (χ4v) is 5.79. The van der Waals surface area contributed by atoms with Crippen LogP contribution in [-0.2, 0) is 14.3 Å². The minimum atomic E-state index is -1.28. The van der Waals surface area contributed by atoms with Crippen LogP contribution in [0, 0.1) is 17.0 Å². The maximum absolute atomic E-state index is 15.2. The number of anilines is 2. The molecule has 47 heavy (non-hydrogen) atoms. The maximum atomic E-state index is 15.2. The zero-order chi connectivity index (χ0) is 32.6. The Morgan fingerprint density at radius 2 is 1.68 bits per heavy atom. The van der Waals surface area contributed by atoms with Gasteiger partial charge in [-0.15, -0.1) is 0 Å². The lowest BCUT2D eigenvalue weighted by atomic mass is 10.0. The van der Waals surface area contributed by atoms with E-state index in [1.165, 1.54) is 42.6 Å². The number of aliphatic hydroxyl groups excluding tert-OH is 1. The summed E-state index contributed by atoms with van der Waals surface area (Å²) in [5, 5.41) is 19.7. The summed E-state index contributed by atoms with van der Waals surface area (Å²) in [7, 11) is 0. The van der Waals surface area contributed by atoms with E-state index in [9.17, 15) is 19.1 Å². The van der Waals surface area contributed by atoms with Crippen LogP contribution in [0.5, 0.6) is 17.2 Å². The molecule has 2 amide bonds. The maximum Gasteiger partial charge on any atom is 0.240 e. The van der Waals surface area contributed by atoms with Crippen LogP contribution in [0.1, 0.15) is 32.1 Å². The number of halogens is 2. The molecule has 1 aliphatic heterocycles. The van der Waals surface area contributed by atoms with Gasteiger partial charge in [-0.05, 0) is 86.7 Å². The van der Waals surface area contributed by atoms with E-state index in [1.54, 1.807) is 24.3 Å². The summed E-state index contributed by atoms with van der Waals surface area (Å²) in [5.74, 6) is -1.40. The number of ether oxygens (including phenoxy) is 3. The highest BCUT2D eigenvalue weighted by molar-refractivity contribution is 6.16. The molecular weight excluding hydrogens is 610 g/mol. The monoisotopic (exact) mass is 644 g/mol. The van der Waals surface area contributed by atoms with Crippen molar-refractivity contribution in [3.05, 3.63) is 84.6 Å². The standard InChI is InChI=1S/C35H34F2N4O6/c36-21-1-3-22(4-2-21)40-32(43)35(12-13-35)33(44)41-23-5-8-31(28(37)15-23)47-30-9-14-38-29-16-26(6-7-27(29)30)45-20-25(42)18-39-24-17-34(10-11-34)46-19-24/h1-9,14-16,24-25,39,42H,10-13,17-20H2,(H,40,43)(H,41,44)/t24?,25-/m0/s1. The molecule has 3 fully saturated rings. The Bertz CT molecular complexity index is 1810.